The second-order valence-corrected chi connectivity index (χ2v) is 4.03. The van der Waals surface area contributed by atoms with Crippen molar-refractivity contribution in [1.29, 1.82) is 0 Å². The van der Waals surface area contributed by atoms with E-state index in [0.29, 0.717) is 11.3 Å². The number of hydrogen-bond donors (Lipinski definition) is 1. The molecule has 0 aliphatic carbocycles. The molecule has 0 spiro atoms. The molecule has 0 aliphatic heterocycles. The molecule has 88 valence electrons. The molecular weight excluding hydrogens is 293 g/mol. The predicted octanol–water partition coefficient (Wildman–Crippen LogP) is 2.84. The first kappa shape index (κ1) is 11.8. The van der Waals surface area contributed by atoms with Gasteiger partial charge in [-0.05, 0) is 28.1 Å². The second kappa shape index (κ2) is 4.29. The summed E-state index contributed by atoms with van der Waals surface area (Å²) in [7, 11) is 1.48. The Hall–Kier alpha value is -1.69. The van der Waals surface area contributed by atoms with Crippen LogP contribution in [0.3, 0.4) is 0 Å². The van der Waals surface area contributed by atoms with Crippen molar-refractivity contribution in [2.75, 3.05) is 7.11 Å². The number of methoxy groups -OCH3 is 1. The highest BCUT2D eigenvalue weighted by atomic mass is 79.9. The van der Waals surface area contributed by atoms with E-state index in [1.807, 2.05) is 0 Å². The molecule has 0 amide bonds. The molecule has 2 aromatic rings. The van der Waals surface area contributed by atoms with Gasteiger partial charge in [-0.2, -0.15) is 0 Å². The Bertz CT molecular complexity index is 615. The molecule has 0 bridgehead atoms. The van der Waals surface area contributed by atoms with Gasteiger partial charge < -0.3 is 9.84 Å². The van der Waals surface area contributed by atoms with E-state index in [1.165, 1.54) is 13.2 Å². The third kappa shape index (κ3) is 1.95. The lowest BCUT2D eigenvalue weighted by atomic mass is 10.1. The summed E-state index contributed by atoms with van der Waals surface area (Å²) in [5, 5.41) is 9.23. The Kier molecular flexibility index (Phi) is 2.97. The van der Waals surface area contributed by atoms with Crippen LogP contribution in [0.4, 0.5) is 4.39 Å². The molecule has 0 saturated carbocycles. The summed E-state index contributed by atoms with van der Waals surface area (Å²) in [5.41, 5.74) is -0.0421. The summed E-state index contributed by atoms with van der Waals surface area (Å²) in [6.07, 6.45) is 0. The van der Waals surface area contributed by atoms with E-state index in [-0.39, 0.29) is 9.99 Å². The van der Waals surface area contributed by atoms with Gasteiger partial charge in [-0.15, -0.1) is 0 Å². The van der Waals surface area contributed by atoms with E-state index < -0.39 is 17.3 Å². The number of ether oxygens (including phenoxy) is 1. The fourth-order valence-electron chi connectivity index (χ4n) is 1.53. The highest BCUT2D eigenvalue weighted by molar-refractivity contribution is 9.10. The molecule has 17 heavy (non-hydrogen) atoms. The minimum Gasteiger partial charge on any atom is -0.497 e. The van der Waals surface area contributed by atoms with Crippen LogP contribution < -0.4 is 4.74 Å². The molecule has 0 saturated heterocycles. The summed E-state index contributed by atoms with van der Waals surface area (Å²) in [4.78, 5) is 14.9. The van der Waals surface area contributed by atoms with Crippen molar-refractivity contribution in [3.05, 3.63) is 34.2 Å². The van der Waals surface area contributed by atoms with Gasteiger partial charge in [-0.1, -0.05) is 0 Å². The number of rotatable bonds is 2. The first-order valence-corrected chi connectivity index (χ1v) is 5.40. The van der Waals surface area contributed by atoms with Gasteiger partial charge in [0.25, 0.3) is 0 Å². The lowest BCUT2D eigenvalue weighted by Gasteiger charge is -2.07. The van der Waals surface area contributed by atoms with Crippen molar-refractivity contribution < 1.29 is 19.0 Å². The standard InChI is InChI=1S/C11H7BrFNO3/c1-17-5-2-3-6-7(4-5)14-10(12)9(13)8(6)11(15)16/h2-4H,1H3,(H,15,16). The average Bonchev–Trinajstić information content (AvgIpc) is 2.29. The number of pyridine rings is 1. The zero-order chi connectivity index (χ0) is 12.6. The van der Waals surface area contributed by atoms with E-state index in [2.05, 4.69) is 20.9 Å². The number of halogens is 2. The van der Waals surface area contributed by atoms with Crippen LogP contribution >= 0.6 is 15.9 Å². The molecule has 1 N–H and O–H groups in total. The Morgan fingerprint density at radius 2 is 2.24 bits per heavy atom. The number of benzene rings is 1. The number of nitrogens with zero attached hydrogens (tertiary/aromatic N) is 1. The zero-order valence-corrected chi connectivity index (χ0v) is 10.3. The molecule has 4 nitrogen and oxygen atoms in total. The van der Waals surface area contributed by atoms with Crippen LogP contribution in [0, 0.1) is 5.82 Å². The first-order valence-electron chi connectivity index (χ1n) is 4.60. The molecule has 2 rings (SSSR count). The predicted molar refractivity (Wildman–Crippen MR) is 62.9 cm³/mol. The van der Waals surface area contributed by atoms with E-state index in [1.54, 1.807) is 12.1 Å². The monoisotopic (exact) mass is 299 g/mol. The Morgan fingerprint density at radius 3 is 2.82 bits per heavy atom. The molecule has 1 heterocycles. The molecule has 1 aromatic carbocycles. The van der Waals surface area contributed by atoms with Gasteiger partial charge >= 0.3 is 5.97 Å². The molecule has 1 aromatic heterocycles. The maximum atomic E-state index is 13.6. The number of carbonyl (C=O) groups is 1. The number of aromatic nitrogens is 1. The number of aromatic carboxylic acids is 1. The summed E-state index contributed by atoms with van der Waals surface area (Å²) >= 11 is 2.89. The topological polar surface area (TPSA) is 59.4 Å². The van der Waals surface area contributed by atoms with Crippen LogP contribution in [-0.4, -0.2) is 23.2 Å². The third-order valence-electron chi connectivity index (χ3n) is 2.31. The summed E-state index contributed by atoms with van der Waals surface area (Å²) in [6, 6.07) is 4.58. The van der Waals surface area contributed by atoms with Crippen LogP contribution in [0.5, 0.6) is 5.75 Å². The lowest BCUT2D eigenvalue weighted by molar-refractivity contribution is 0.0694. The van der Waals surface area contributed by atoms with Gasteiger partial charge in [0.05, 0.1) is 12.6 Å². The summed E-state index contributed by atoms with van der Waals surface area (Å²) in [6.45, 7) is 0. The summed E-state index contributed by atoms with van der Waals surface area (Å²) in [5.74, 6) is -1.68. The van der Waals surface area contributed by atoms with Gasteiger partial charge in [0, 0.05) is 11.5 Å². The van der Waals surface area contributed by atoms with E-state index in [9.17, 15) is 9.18 Å². The lowest BCUT2D eigenvalue weighted by Crippen LogP contribution is -2.04. The van der Waals surface area contributed by atoms with Crippen LogP contribution in [0.15, 0.2) is 22.8 Å². The molecule has 0 unspecified atom stereocenters. The number of fused-ring (bicyclic) bond motifs is 1. The Morgan fingerprint density at radius 1 is 1.53 bits per heavy atom. The highest BCUT2D eigenvalue weighted by Gasteiger charge is 2.19. The van der Waals surface area contributed by atoms with Crippen LogP contribution in [0.2, 0.25) is 0 Å². The van der Waals surface area contributed by atoms with Crippen molar-refractivity contribution in [2.45, 2.75) is 0 Å². The number of carboxylic acid groups (broad SMARTS) is 1. The van der Waals surface area contributed by atoms with Gasteiger partial charge in [-0.25, -0.2) is 14.2 Å². The van der Waals surface area contributed by atoms with Crippen LogP contribution in [0.1, 0.15) is 10.4 Å². The van der Waals surface area contributed by atoms with Gasteiger partial charge in [0.1, 0.15) is 15.9 Å². The zero-order valence-electron chi connectivity index (χ0n) is 8.70. The van der Waals surface area contributed by atoms with Gasteiger partial charge in [0.15, 0.2) is 5.82 Å². The normalized spacial score (nSPS) is 10.5. The van der Waals surface area contributed by atoms with Crippen molar-refractivity contribution in [3.63, 3.8) is 0 Å². The maximum Gasteiger partial charge on any atom is 0.339 e. The SMILES string of the molecule is COc1ccc2c(C(=O)O)c(F)c(Br)nc2c1. The fourth-order valence-corrected chi connectivity index (χ4v) is 1.92. The van der Waals surface area contributed by atoms with E-state index in [0.717, 1.165) is 0 Å². The minimum atomic E-state index is -1.33. The van der Waals surface area contributed by atoms with Crippen molar-refractivity contribution in [1.82, 2.24) is 4.98 Å². The smallest absolute Gasteiger partial charge is 0.339 e. The maximum absolute atomic E-state index is 13.6. The fraction of sp³-hybridized carbons (Fsp3) is 0.0909. The quantitative estimate of drug-likeness (QED) is 0.866. The summed E-state index contributed by atoms with van der Waals surface area (Å²) < 4.78 is 18.5. The van der Waals surface area contributed by atoms with E-state index >= 15 is 0 Å². The van der Waals surface area contributed by atoms with Crippen LogP contribution in [0.25, 0.3) is 10.9 Å². The number of hydrogen-bond acceptors (Lipinski definition) is 3. The minimum absolute atomic E-state index is 0.129. The first-order chi connectivity index (χ1) is 8.04. The van der Waals surface area contributed by atoms with Crippen molar-refractivity contribution in [2.24, 2.45) is 0 Å². The van der Waals surface area contributed by atoms with Crippen molar-refractivity contribution in [3.8, 4) is 5.75 Å². The van der Waals surface area contributed by atoms with E-state index in [4.69, 9.17) is 9.84 Å². The molecule has 6 heteroatoms. The molecule has 0 atom stereocenters. The Labute approximate surface area is 104 Å². The largest absolute Gasteiger partial charge is 0.497 e. The third-order valence-corrected chi connectivity index (χ3v) is 2.83. The highest BCUT2D eigenvalue weighted by Crippen LogP contribution is 2.28. The Balaban J connectivity index is 2.86. The molecular formula is C11H7BrFNO3. The second-order valence-electron chi connectivity index (χ2n) is 3.28. The molecule has 0 fully saturated rings. The van der Waals surface area contributed by atoms with Gasteiger partial charge in [-0.3, -0.25) is 0 Å². The van der Waals surface area contributed by atoms with Crippen LogP contribution in [-0.2, 0) is 0 Å². The molecule has 0 radical (unpaired) electrons. The number of carboxylic acids is 1. The van der Waals surface area contributed by atoms with Crippen molar-refractivity contribution >= 4 is 32.8 Å². The van der Waals surface area contributed by atoms with Gasteiger partial charge in [0.2, 0.25) is 0 Å². The molecule has 0 aliphatic rings. The average molecular weight is 300 g/mol.